The van der Waals surface area contributed by atoms with Gasteiger partial charge in [-0.05, 0) is 57.3 Å². The van der Waals surface area contributed by atoms with Crippen molar-refractivity contribution in [1.82, 2.24) is 9.97 Å². The van der Waals surface area contributed by atoms with E-state index in [1.807, 2.05) is 55.0 Å². The minimum atomic E-state index is 0.745. The van der Waals surface area contributed by atoms with Gasteiger partial charge in [0, 0.05) is 33.9 Å². The van der Waals surface area contributed by atoms with Crippen molar-refractivity contribution in [1.29, 1.82) is 0 Å². The zero-order chi connectivity index (χ0) is 29.5. The first-order valence-corrected chi connectivity index (χ1v) is 15.0. The van der Waals surface area contributed by atoms with Crippen LogP contribution in [-0.2, 0) is 0 Å². The summed E-state index contributed by atoms with van der Waals surface area (Å²) in [5.41, 5.74) is 5.99. The monoisotopic (exact) mass is 577 g/mol. The second kappa shape index (κ2) is 9.15. The van der Waals surface area contributed by atoms with Crippen molar-refractivity contribution >= 4 is 93.3 Å². The summed E-state index contributed by atoms with van der Waals surface area (Å²) in [7, 11) is 0. The predicted molar refractivity (Wildman–Crippen MR) is 184 cm³/mol. The average Bonchev–Trinajstić information content (AvgIpc) is 3.68. The van der Waals surface area contributed by atoms with Crippen LogP contribution in [0.1, 0.15) is 0 Å². The molecule has 10 rings (SSSR count). The van der Waals surface area contributed by atoms with Crippen LogP contribution in [0.15, 0.2) is 149 Å². The lowest BCUT2D eigenvalue weighted by molar-refractivity contribution is 0.666. The molecule has 45 heavy (non-hydrogen) atoms. The van der Waals surface area contributed by atoms with Crippen LogP contribution in [0.25, 0.3) is 76.2 Å². The van der Waals surface area contributed by atoms with Crippen LogP contribution in [0.2, 0.25) is 0 Å². The number of para-hydroxylation sites is 1. The molecular formula is C40H23N3O2. The topological polar surface area (TPSA) is 55.3 Å². The molecule has 0 atom stereocenters. The van der Waals surface area contributed by atoms with Crippen molar-refractivity contribution in [3.63, 3.8) is 0 Å². The lowest BCUT2D eigenvalue weighted by atomic mass is 9.95. The van der Waals surface area contributed by atoms with Crippen molar-refractivity contribution < 1.29 is 8.83 Å². The maximum atomic E-state index is 6.64. The van der Waals surface area contributed by atoms with Gasteiger partial charge in [0.25, 0.3) is 0 Å². The Morgan fingerprint density at radius 1 is 0.422 bits per heavy atom. The van der Waals surface area contributed by atoms with Gasteiger partial charge >= 0.3 is 0 Å². The van der Waals surface area contributed by atoms with Gasteiger partial charge in [-0.3, -0.25) is 9.97 Å². The fourth-order valence-electron chi connectivity index (χ4n) is 7.05. The number of furan rings is 2. The van der Waals surface area contributed by atoms with E-state index in [0.717, 1.165) is 66.3 Å². The van der Waals surface area contributed by atoms with Crippen molar-refractivity contribution in [2.75, 3.05) is 4.90 Å². The number of nitrogens with zero attached hydrogens (tertiary/aromatic N) is 3. The largest absolute Gasteiger partial charge is 0.454 e. The molecule has 0 N–H and O–H groups in total. The van der Waals surface area contributed by atoms with Crippen LogP contribution in [0.3, 0.4) is 0 Å². The highest BCUT2D eigenvalue weighted by Crippen LogP contribution is 2.49. The number of hydrogen-bond acceptors (Lipinski definition) is 5. The molecule has 4 heterocycles. The van der Waals surface area contributed by atoms with E-state index in [0.29, 0.717) is 0 Å². The second-order valence-corrected chi connectivity index (χ2v) is 11.4. The third-order valence-corrected chi connectivity index (χ3v) is 9.01. The summed E-state index contributed by atoms with van der Waals surface area (Å²) < 4.78 is 13.0. The molecule has 0 amide bonds. The van der Waals surface area contributed by atoms with Gasteiger partial charge in [0.2, 0.25) is 0 Å². The Morgan fingerprint density at radius 3 is 2.13 bits per heavy atom. The summed E-state index contributed by atoms with van der Waals surface area (Å²) in [6.07, 6.45) is 7.41. The van der Waals surface area contributed by atoms with Gasteiger partial charge < -0.3 is 13.7 Å². The van der Waals surface area contributed by atoms with Gasteiger partial charge in [-0.25, -0.2) is 0 Å². The minimum Gasteiger partial charge on any atom is -0.454 e. The summed E-state index contributed by atoms with van der Waals surface area (Å²) in [6.45, 7) is 0. The normalized spacial score (nSPS) is 12.0. The highest BCUT2D eigenvalue weighted by Gasteiger charge is 2.25. The number of pyridine rings is 2. The zero-order valence-electron chi connectivity index (χ0n) is 23.9. The summed E-state index contributed by atoms with van der Waals surface area (Å²) in [4.78, 5) is 11.4. The third kappa shape index (κ3) is 3.43. The predicted octanol–water partition coefficient (Wildman–Crippen LogP) is 11.2. The summed E-state index contributed by atoms with van der Waals surface area (Å²) in [6, 6.07) is 40.4. The maximum absolute atomic E-state index is 6.64. The van der Waals surface area contributed by atoms with E-state index in [-0.39, 0.29) is 0 Å². The summed E-state index contributed by atoms with van der Waals surface area (Å²) in [5.74, 6) is 0. The number of benzene rings is 6. The first-order chi connectivity index (χ1) is 22.3. The standard InChI is InChI=1S/C40H23N3O2/c1-2-9-25-24(8-1)16-17-27-26-10-3-4-11-28(26)34(20-31(25)27)43(33-13-7-15-37-39(33)30-18-19-41-23-38(30)44-37)35-22-42-21-32-29-12-5-6-14-36(29)45-40(32)35/h1-23H. The van der Waals surface area contributed by atoms with E-state index >= 15 is 0 Å². The smallest absolute Gasteiger partial charge is 0.162 e. The molecule has 0 radical (unpaired) electrons. The van der Waals surface area contributed by atoms with Crippen molar-refractivity contribution in [2.24, 2.45) is 0 Å². The number of aromatic nitrogens is 2. The van der Waals surface area contributed by atoms with Crippen LogP contribution < -0.4 is 4.90 Å². The van der Waals surface area contributed by atoms with E-state index in [2.05, 4.69) is 88.7 Å². The Labute approximate surface area is 256 Å². The first kappa shape index (κ1) is 24.3. The van der Waals surface area contributed by atoms with Gasteiger partial charge in [0.05, 0.1) is 29.2 Å². The summed E-state index contributed by atoms with van der Waals surface area (Å²) in [5, 5.41) is 11.1. The van der Waals surface area contributed by atoms with E-state index < -0.39 is 0 Å². The average molecular weight is 578 g/mol. The molecule has 0 aliphatic rings. The van der Waals surface area contributed by atoms with Gasteiger partial charge in [-0.2, -0.15) is 0 Å². The fraction of sp³-hybridized carbons (Fsp3) is 0. The molecule has 6 aromatic carbocycles. The van der Waals surface area contributed by atoms with Crippen molar-refractivity contribution in [2.45, 2.75) is 0 Å². The number of anilines is 3. The number of fused-ring (bicyclic) bond motifs is 11. The van der Waals surface area contributed by atoms with E-state index in [4.69, 9.17) is 13.8 Å². The molecular weight excluding hydrogens is 554 g/mol. The van der Waals surface area contributed by atoms with E-state index in [1.54, 1.807) is 6.20 Å². The van der Waals surface area contributed by atoms with Crippen LogP contribution in [0, 0.1) is 0 Å². The van der Waals surface area contributed by atoms with E-state index in [1.165, 1.54) is 26.9 Å². The highest BCUT2D eigenvalue weighted by atomic mass is 16.3. The molecule has 4 aromatic heterocycles. The van der Waals surface area contributed by atoms with Crippen LogP contribution >= 0.6 is 0 Å². The zero-order valence-corrected chi connectivity index (χ0v) is 23.9. The Bertz CT molecular complexity index is 2790. The molecule has 0 aliphatic carbocycles. The quantitative estimate of drug-likeness (QED) is 0.196. The fourth-order valence-corrected chi connectivity index (χ4v) is 7.05. The van der Waals surface area contributed by atoms with Gasteiger partial charge in [0.15, 0.2) is 11.2 Å². The van der Waals surface area contributed by atoms with Crippen molar-refractivity contribution in [3.05, 3.63) is 140 Å². The molecule has 0 bridgehead atoms. The maximum Gasteiger partial charge on any atom is 0.162 e. The SMILES string of the molecule is c1ccc2c(c1)ccc1c3ccccc3c(N(c3cncc4c3oc3ccccc34)c3cccc4oc5cnccc5c34)cc21. The van der Waals surface area contributed by atoms with E-state index in [9.17, 15) is 0 Å². The molecule has 0 saturated heterocycles. The number of rotatable bonds is 3. The molecule has 5 heteroatoms. The van der Waals surface area contributed by atoms with Crippen LogP contribution in [0.5, 0.6) is 0 Å². The Morgan fingerprint density at radius 2 is 1.20 bits per heavy atom. The van der Waals surface area contributed by atoms with Gasteiger partial charge in [0.1, 0.15) is 16.9 Å². The molecule has 0 unspecified atom stereocenters. The lowest BCUT2D eigenvalue weighted by Gasteiger charge is -2.28. The molecule has 5 nitrogen and oxygen atoms in total. The van der Waals surface area contributed by atoms with Gasteiger partial charge in [-0.1, -0.05) is 84.9 Å². The van der Waals surface area contributed by atoms with Crippen LogP contribution in [-0.4, -0.2) is 9.97 Å². The second-order valence-electron chi connectivity index (χ2n) is 11.4. The lowest BCUT2D eigenvalue weighted by Crippen LogP contribution is -2.12. The number of hydrogen-bond donors (Lipinski definition) is 0. The molecule has 0 saturated carbocycles. The van der Waals surface area contributed by atoms with Crippen LogP contribution in [0.4, 0.5) is 17.1 Å². The Kier molecular flexibility index (Phi) is 4.93. The molecule has 10 aromatic rings. The minimum absolute atomic E-state index is 0.745. The van der Waals surface area contributed by atoms with Gasteiger partial charge in [-0.15, -0.1) is 0 Å². The molecule has 0 fully saturated rings. The highest BCUT2D eigenvalue weighted by molar-refractivity contribution is 6.23. The molecule has 210 valence electrons. The summed E-state index contributed by atoms with van der Waals surface area (Å²) >= 11 is 0. The Balaban J connectivity index is 1.41. The molecule has 0 spiro atoms. The molecule has 0 aliphatic heterocycles. The third-order valence-electron chi connectivity index (χ3n) is 9.01. The van der Waals surface area contributed by atoms with Crippen molar-refractivity contribution in [3.8, 4) is 0 Å². The first-order valence-electron chi connectivity index (χ1n) is 15.0. The Hall–Kier alpha value is -6.20.